The SMILES string of the molecule is N#CC1(C(=O)NCc2cccc(Cl)c2)CCCCC1. The van der Waals surface area contributed by atoms with Crippen LogP contribution >= 0.6 is 11.6 Å². The molecule has 0 spiro atoms. The molecule has 4 heteroatoms. The number of carbonyl (C=O) groups excluding carboxylic acids is 1. The highest BCUT2D eigenvalue weighted by atomic mass is 35.5. The Hall–Kier alpha value is -1.53. The van der Waals surface area contributed by atoms with E-state index in [-0.39, 0.29) is 5.91 Å². The van der Waals surface area contributed by atoms with E-state index in [2.05, 4.69) is 11.4 Å². The zero-order valence-corrected chi connectivity index (χ0v) is 11.5. The van der Waals surface area contributed by atoms with E-state index in [9.17, 15) is 10.1 Å². The first-order valence-corrected chi connectivity index (χ1v) is 6.98. The maximum atomic E-state index is 12.2. The van der Waals surface area contributed by atoms with Gasteiger partial charge in [-0.1, -0.05) is 43.0 Å². The lowest BCUT2D eigenvalue weighted by Gasteiger charge is -2.29. The van der Waals surface area contributed by atoms with Crippen LogP contribution in [0.15, 0.2) is 24.3 Å². The summed E-state index contributed by atoms with van der Waals surface area (Å²) in [6.07, 6.45) is 4.37. The van der Waals surface area contributed by atoms with Crippen LogP contribution in [0, 0.1) is 16.7 Å². The zero-order chi connectivity index (χ0) is 13.7. The second kappa shape index (κ2) is 6.08. The fourth-order valence-electron chi connectivity index (χ4n) is 2.54. The quantitative estimate of drug-likeness (QED) is 0.919. The third-order valence-electron chi connectivity index (χ3n) is 3.70. The summed E-state index contributed by atoms with van der Waals surface area (Å²) in [5, 5.41) is 12.8. The Morgan fingerprint density at radius 3 is 2.74 bits per heavy atom. The van der Waals surface area contributed by atoms with E-state index < -0.39 is 5.41 Å². The van der Waals surface area contributed by atoms with Crippen molar-refractivity contribution in [3.05, 3.63) is 34.9 Å². The second-order valence-electron chi connectivity index (χ2n) is 5.07. The van der Waals surface area contributed by atoms with E-state index >= 15 is 0 Å². The average molecular weight is 277 g/mol. The molecule has 0 aliphatic heterocycles. The van der Waals surface area contributed by atoms with E-state index in [1.807, 2.05) is 18.2 Å². The van der Waals surface area contributed by atoms with Crippen molar-refractivity contribution in [2.75, 3.05) is 0 Å². The number of halogens is 1. The average Bonchev–Trinajstić information content (AvgIpc) is 2.45. The summed E-state index contributed by atoms with van der Waals surface area (Å²) < 4.78 is 0. The topological polar surface area (TPSA) is 52.9 Å². The lowest BCUT2D eigenvalue weighted by molar-refractivity contribution is -0.129. The van der Waals surface area contributed by atoms with Crippen LogP contribution in [-0.4, -0.2) is 5.91 Å². The number of hydrogen-bond acceptors (Lipinski definition) is 2. The van der Waals surface area contributed by atoms with Gasteiger partial charge in [0, 0.05) is 11.6 Å². The van der Waals surface area contributed by atoms with Crippen molar-refractivity contribution in [3.63, 3.8) is 0 Å². The highest BCUT2D eigenvalue weighted by Crippen LogP contribution is 2.35. The molecule has 0 bridgehead atoms. The minimum absolute atomic E-state index is 0.144. The van der Waals surface area contributed by atoms with Crippen LogP contribution in [0.25, 0.3) is 0 Å². The number of amides is 1. The Balaban J connectivity index is 1.99. The van der Waals surface area contributed by atoms with Crippen LogP contribution in [0.5, 0.6) is 0 Å². The predicted molar refractivity (Wildman–Crippen MR) is 74.4 cm³/mol. The first-order valence-electron chi connectivity index (χ1n) is 6.60. The normalized spacial score (nSPS) is 17.5. The van der Waals surface area contributed by atoms with Crippen LogP contribution in [0.4, 0.5) is 0 Å². The van der Waals surface area contributed by atoms with Gasteiger partial charge in [-0.2, -0.15) is 5.26 Å². The molecule has 1 fully saturated rings. The molecular weight excluding hydrogens is 260 g/mol. The van der Waals surface area contributed by atoms with Crippen molar-refractivity contribution >= 4 is 17.5 Å². The van der Waals surface area contributed by atoms with E-state index in [0.717, 1.165) is 24.8 Å². The molecule has 1 saturated carbocycles. The highest BCUT2D eigenvalue weighted by molar-refractivity contribution is 6.30. The monoisotopic (exact) mass is 276 g/mol. The van der Waals surface area contributed by atoms with Crippen LogP contribution in [-0.2, 0) is 11.3 Å². The Labute approximate surface area is 118 Å². The number of hydrogen-bond donors (Lipinski definition) is 1. The van der Waals surface area contributed by atoms with Gasteiger partial charge < -0.3 is 5.32 Å². The molecule has 1 N–H and O–H groups in total. The third-order valence-corrected chi connectivity index (χ3v) is 3.93. The third kappa shape index (κ3) is 3.27. The van der Waals surface area contributed by atoms with Crippen molar-refractivity contribution < 1.29 is 4.79 Å². The maximum absolute atomic E-state index is 12.2. The number of nitrogens with one attached hydrogen (secondary N) is 1. The Morgan fingerprint density at radius 2 is 2.11 bits per heavy atom. The molecule has 0 radical (unpaired) electrons. The van der Waals surface area contributed by atoms with E-state index in [1.165, 1.54) is 0 Å². The molecule has 1 aromatic carbocycles. The molecule has 0 atom stereocenters. The smallest absolute Gasteiger partial charge is 0.240 e. The minimum atomic E-state index is -0.823. The highest BCUT2D eigenvalue weighted by Gasteiger charge is 2.39. The molecule has 1 aromatic rings. The molecule has 0 heterocycles. The summed E-state index contributed by atoms with van der Waals surface area (Å²) in [5.74, 6) is -0.144. The first kappa shape index (κ1) is 13.9. The molecular formula is C15H17ClN2O. The maximum Gasteiger partial charge on any atom is 0.240 e. The largest absolute Gasteiger partial charge is 0.351 e. The van der Waals surface area contributed by atoms with Gasteiger partial charge in [-0.15, -0.1) is 0 Å². The molecule has 0 saturated heterocycles. The van der Waals surface area contributed by atoms with E-state index in [0.29, 0.717) is 24.4 Å². The first-order chi connectivity index (χ1) is 9.16. The molecule has 100 valence electrons. The predicted octanol–water partition coefficient (Wildman–Crippen LogP) is 3.43. The molecule has 19 heavy (non-hydrogen) atoms. The summed E-state index contributed by atoms with van der Waals surface area (Å²) in [6, 6.07) is 9.60. The summed E-state index contributed by atoms with van der Waals surface area (Å²) in [5.41, 5.74) is 0.126. The summed E-state index contributed by atoms with van der Waals surface area (Å²) in [7, 11) is 0. The van der Waals surface area contributed by atoms with Crippen LogP contribution in [0.3, 0.4) is 0 Å². The second-order valence-corrected chi connectivity index (χ2v) is 5.50. The van der Waals surface area contributed by atoms with Gasteiger partial charge in [-0.05, 0) is 30.5 Å². The van der Waals surface area contributed by atoms with Gasteiger partial charge in [0.25, 0.3) is 0 Å². The number of rotatable bonds is 3. The lowest BCUT2D eigenvalue weighted by Crippen LogP contribution is -2.41. The fraction of sp³-hybridized carbons (Fsp3) is 0.467. The number of nitriles is 1. The Morgan fingerprint density at radius 1 is 1.37 bits per heavy atom. The molecule has 1 aliphatic rings. The standard InChI is InChI=1S/C15H17ClN2O/c16-13-6-4-5-12(9-13)10-18-14(19)15(11-17)7-2-1-3-8-15/h4-6,9H,1-3,7-8,10H2,(H,18,19). The van der Waals surface area contributed by atoms with Gasteiger partial charge in [0.2, 0.25) is 5.91 Å². The molecule has 1 amide bonds. The van der Waals surface area contributed by atoms with Crippen LogP contribution in [0.1, 0.15) is 37.7 Å². The van der Waals surface area contributed by atoms with Gasteiger partial charge in [0.15, 0.2) is 0 Å². The summed E-state index contributed by atoms with van der Waals surface area (Å²) in [4.78, 5) is 12.2. The molecule has 0 unspecified atom stereocenters. The molecule has 1 aliphatic carbocycles. The Kier molecular flexibility index (Phi) is 4.44. The van der Waals surface area contributed by atoms with Gasteiger partial charge in [-0.3, -0.25) is 4.79 Å². The van der Waals surface area contributed by atoms with Crippen molar-refractivity contribution in [2.24, 2.45) is 5.41 Å². The van der Waals surface area contributed by atoms with Gasteiger partial charge in [0.1, 0.15) is 5.41 Å². The summed E-state index contributed by atoms with van der Waals surface area (Å²) in [6.45, 7) is 0.419. The van der Waals surface area contributed by atoms with Gasteiger partial charge in [0.05, 0.1) is 6.07 Å². The van der Waals surface area contributed by atoms with E-state index in [1.54, 1.807) is 6.07 Å². The number of carbonyl (C=O) groups is 1. The lowest BCUT2D eigenvalue weighted by atomic mass is 9.74. The van der Waals surface area contributed by atoms with Crippen LogP contribution < -0.4 is 5.32 Å². The fourth-order valence-corrected chi connectivity index (χ4v) is 2.76. The van der Waals surface area contributed by atoms with Crippen molar-refractivity contribution in [1.82, 2.24) is 5.32 Å². The number of nitrogens with zero attached hydrogens (tertiary/aromatic N) is 1. The van der Waals surface area contributed by atoms with Gasteiger partial charge in [-0.25, -0.2) is 0 Å². The summed E-state index contributed by atoms with van der Waals surface area (Å²) >= 11 is 5.90. The zero-order valence-electron chi connectivity index (χ0n) is 10.8. The van der Waals surface area contributed by atoms with E-state index in [4.69, 9.17) is 11.6 Å². The minimum Gasteiger partial charge on any atom is -0.351 e. The molecule has 0 aromatic heterocycles. The Bertz CT molecular complexity index is 501. The van der Waals surface area contributed by atoms with Crippen molar-refractivity contribution in [2.45, 2.75) is 38.6 Å². The molecule has 2 rings (SSSR count). The van der Waals surface area contributed by atoms with Gasteiger partial charge >= 0.3 is 0 Å². The van der Waals surface area contributed by atoms with Crippen LogP contribution in [0.2, 0.25) is 5.02 Å². The van der Waals surface area contributed by atoms with Crippen molar-refractivity contribution in [3.8, 4) is 6.07 Å². The van der Waals surface area contributed by atoms with Crippen molar-refractivity contribution in [1.29, 1.82) is 5.26 Å². The number of benzene rings is 1. The molecule has 3 nitrogen and oxygen atoms in total.